The fourth-order valence-corrected chi connectivity index (χ4v) is 2.82. The van der Waals surface area contributed by atoms with Crippen molar-refractivity contribution in [2.75, 3.05) is 7.11 Å². The molecule has 3 N–H and O–H groups in total. The van der Waals surface area contributed by atoms with Crippen LogP contribution in [0.5, 0.6) is 5.75 Å². The molecular formula is C12H22N4O. The number of aryl methyl sites for hydroxylation is 1. The maximum atomic E-state index is 5.69. The van der Waals surface area contributed by atoms with Crippen molar-refractivity contribution in [3.8, 4) is 5.75 Å². The Hall–Kier alpha value is -1.07. The minimum Gasteiger partial charge on any atom is -0.493 e. The predicted octanol–water partition coefficient (Wildman–Crippen LogP) is 1.51. The lowest BCUT2D eigenvalue weighted by molar-refractivity contribution is 0.358. The van der Waals surface area contributed by atoms with Gasteiger partial charge in [-0.3, -0.25) is 16.0 Å². The lowest BCUT2D eigenvalue weighted by Gasteiger charge is -2.20. The minimum absolute atomic E-state index is 0.126. The van der Waals surface area contributed by atoms with E-state index in [0.717, 1.165) is 23.8 Å². The number of ether oxygens (including phenoxy) is 1. The van der Waals surface area contributed by atoms with Gasteiger partial charge in [0.1, 0.15) is 0 Å². The fourth-order valence-electron chi connectivity index (χ4n) is 2.82. The van der Waals surface area contributed by atoms with Crippen molar-refractivity contribution in [2.45, 2.75) is 38.1 Å². The summed E-state index contributed by atoms with van der Waals surface area (Å²) < 4.78 is 7.18. The lowest BCUT2D eigenvalue weighted by Crippen LogP contribution is -2.31. The van der Waals surface area contributed by atoms with Crippen molar-refractivity contribution < 1.29 is 4.74 Å². The summed E-state index contributed by atoms with van der Waals surface area (Å²) in [6.45, 7) is 0. The van der Waals surface area contributed by atoms with Crippen LogP contribution in [-0.2, 0) is 7.05 Å². The van der Waals surface area contributed by atoms with Crippen molar-refractivity contribution in [2.24, 2.45) is 18.8 Å². The molecule has 0 radical (unpaired) electrons. The van der Waals surface area contributed by atoms with Crippen LogP contribution in [0.1, 0.15) is 43.8 Å². The normalized spacial score (nSPS) is 18.5. The third-order valence-electron chi connectivity index (χ3n) is 3.74. The number of aromatic nitrogens is 2. The second-order valence-corrected chi connectivity index (χ2v) is 4.83. The predicted molar refractivity (Wildman–Crippen MR) is 66.4 cm³/mol. The molecule has 0 bridgehead atoms. The van der Waals surface area contributed by atoms with Gasteiger partial charge >= 0.3 is 0 Å². The topological polar surface area (TPSA) is 65.1 Å². The number of nitrogens with one attached hydrogen (secondary N) is 1. The quantitative estimate of drug-likeness (QED) is 0.603. The molecular weight excluding hydrogens is 216 g/mol. The highest BCUT2D eigenvalue weighted by Crippen LogP contribution is 2.35. The summed E-state index contributed by atoms with van der Waals surface area (Å²) in [5.74, 6) is 7.28. The Morgan fingerprint density at radius 1 is 1.59 bits per heavy atom. The van der Waals surface area contributed by atoms with Gasteiger partial charge in [-0.05, 0) is 12.3 Å². The van der Waals surface area contributed by atoms with Crippen LogP contribution in [-0.4, -0.2) is 16.9 Å². The second kappa shape index (κ2) is 5.51. The summed E-state index contributed by atoms with van der Waals surface area (Å²) in [6.07, 6.45) is 8.15. The molecule has 1 aliphatic carbocycles. The van der Waals surface area contributed by atoms with E-state index < -0.39 is 0 Å². The number of hydrogen-bond acceptors (Lipinski definition) is 4. The average Bonchev–Trinajstić information content (AvgIpc) is 2.95. The van der Waals surface area contributed by atoms with E-state index in [0.29, 0.717) is 0 Å². The minimum atomic E-state index is 0.126. The number of hydrogen-bond donors (Lipinski definition) is 2. The molecule has 1 saturated carbocycles. The molecule has 2 rings (SSSR count). The van der Waals surface area contributed by atoms with Crippen LogP contribution in [0, 0.1) is 5.92 Å². The van der Waals surface area contributed by atoms with E-state index in [-0.39, 0.29) is 6.04 Å². The Morgan fingerprint density at radius 3 is 2.88 bits per heavy atom. The molecule has 0 aliphatic heterocycles. The number of methoxy groups -OCH3 is 1. The Bertz CT molecular complexity index is 357. The molecule has 1 heterocycles. The van der Waals surface area contributed by atoms with E-state index in [1.54, 1.807) is 13.3 Å². The zero-order valence-corrected chi connectivity index (χ0v) is 10.6. The number of nitrogens with zero attached hydrogens (tertiary/aromatic N) is 2. The van der Waals surface area contributed by atoms with Crippen molar-refractivity contribution >= 4 is 0 Å². The molecule has 5 heteroatoms. The average molecular weight is 238 g/mol. The SMILES string of the molecule is COc1cnn(C)c1C(CC1CCCC1)NN. The van der Waals surface area contributed by atoms with Gasteiger partial charge in [-0.1, -0.05) is 25.7 Å². The molecule has 0 aromatic carbocycles. The number of nitrogens with two attached hydrogens (primary N) is 1. The van der Waals surface area contributed by atoms with E-state index in [1.807, 2.05) is 11.7 Å². The van der Waals surface area contributed by atoms with Crippen LogP contribution in [0.15, 0.2) is 6.20 Å². The van der Waals surface area contributed by atoms with Gasteiger partial charge in [0.05, 0.1) is 25.0 Å². The Kier molecular flexibility index (Phi) is 4.02. The van der Waals surface area contributed by atoms with Crippen molar-refractivity contribution in [1.29, 1.82) is 0 Å². The van der Waals surface area contributed by atoms with E-state index >= 15 is 0 Å². The van der Waals surface area contributed by atoms with Crippen molar-refractivity contribution in [3.63, 3.8) is 0 Å². The molecule has 17 heavy (non-hydrogen) atoms. The van der Waals surface area contributed by atoms with E-state index in [4.69, 9.17) is 10.6 Å². The number of rotatable bonds is 5. The van der Waals surface area contributed by atoms with Gasteiger partial charge in [0.15, 0.2) is 5.75 Å². The van der Waals surface area contributed by atoms with Crippen LogP contribution < -0.4 is 16.0 Å². The second-order valence-electron chi connectivity index (χ2n) is 4.83. The van der Waals surface area contributed by atoms with Crippen LogP contribution in [0.3, 0.4) is 0 Å². The molecule has 1 aliphatic rings. The monoisotopic (exact) mass is 238 g/mol. The molecule has 1 unspecified atom stereocenters. The highest BCUT2D eigenvalue weighted by molar-refractivity contribution is 5.28. The van der Waals surface area contributed by atoms with Gasteiger partial charge in [-0.2, -0.15) is 5.10 Å². The Morgan fingerprint density at radius 2 is 2.29 bits per heavy atom. The van der Waals surface area contributed by atoms with Crippen LogP contribution in [0.2, 0.25) is 0 Å². The molecule has 0 amide bonds. The summed E-state index contributed by atoms with van der Waals surface area (Å²) in [5.41, 5.74) is 3.95. The lowest BCUT2D eigenvalue weighted by atomic mass is 9.96. The first kappa shape index (κ1) is 12.4. The Balaban J connectivity index is 2.12. The summed E-state index contributed by atoms with van der Waals surface area (Å²) in [5, 5.41) is 4.23. The Labute approximate surface area is 102 Å². The molecule has 0 saturated heterocycles. The van der Waals surface area contributed by atoms with Gasteiger partial charge in [-0.25, -0.2) is 0 Å². The van der Waals surface area contributed by atoms with Gasteiger partial charge < -0.3 is 4.74 Å². The maximum Gasteiger partial charge on any atom is 0.161 e. The van der Waals surface area contributed by atoms with Gasteiger partial charge in [0.2, 0.25) is 0 Å². The highest BCUT2D eigenvalue weighted by atomic mass is 16.5. The summed E-state index contributed by atoms with van der Waals surface area (Å²) in [7, 11) is 3.60. The summed E-state index contributed by atoms with van der Waals surface area (Å²) in [4.78, 5) is 0. The molecule has 1 aromatic heterocycles. The van der Waals surface area contributed by atoms with Gasteiger partial charge in [0, 0.05) is 7.05 Å². The van der Waals surface area contributed by atoms with E-state index in [2.05, 4.69) is 10.5 Å². The standard InChI is InChI=1S/C12H22N4O/c1-16-12(11(17-2)8-14-16)10(15-13)7-9-5-3-4-6-9/h8-10,15H,3-7,13H2,1-2H3. The summed E-state index contributed by atoms with van der Waals surface area (Å²) >= 11 is 0. The smallest absolute Gasteiger partial charge is 0.161 e. The maximum absolute atomic E-state index is 5.69. The number of hydrazine groups is 1. The third kappa shape index (κ3) is 2.61. The molecule has 96 valence electrons. The van der Waals surface area contributed by atoms with Crippen molar-refractivity contribution in [3.05, 3.63) is 11.9 Å². The van der Waals surface area contributed by atoms with Gasteiger partial charge in [-0.15, -0.1) is 0 Å². The van der Waals surface area contributed by atoms with E-state index in [9.17, 15) is 0 Å². The first-order valence-electron chi connectivity index (χ1n) is 6.28. The molecule has 1 atom stereocenters. The van der Waals surface area contributed by atoms with Crippen LogP contribution >= 0.6 is 0 Å². The first-order valence-corrected chi connectivity index (χ1v) is 6.28. The fraction of sp³-hybridized carbons (Fsp3) is 0.750. The summed E-state index contributed by atoms with van der Waals surface area (Å²) in [6, 6.07) is 0.126. The highest BCUT2D eigenvalue weighted by Gasteiger charge is 2.25. The molecule has 1 fully saturated rings. The van der Waals surface area contributed by atoms with Crippen molar-refractivity contribution in [1.82, 2.24) is 15.2 Å². The molecule has 5 nitrogen and oxygen atoms in total. The van der Waals surface area contributed by atoms with E-state index in [1.165, 1.54) is 25.7 Å². The van der Waals surface area contributed by atoms with Crippen LogP contribution in [0.25, 0.3) is 0 Å². The first-order chi connectivity index (χ1) is 8.26. The zero-order chi connectivity index (χ0) is 12.3. The third-order valence-corrected chi connectivity index (χ3v) is 3.74. The molecule has 1 aromatic rings. The van der Waals surface area contributed by atoms with Crippen LogP contribution in [0.4, 0.5) is 0 Å². The molecule has 0 spiro atoms. The largest absolute Gasteiger partial charge is 0.493 e. The zero-order valence-electron chi connectivity index (χ0n) is 10.6. The van der Waals surface area contributed by atoms with Gasteiger partial charge in [0.25, 0.3) is 0 Å².